The van der Waals surface area contributed by atoms with Crippen molar-refractivity contribution >= 4 is 17.9 Å². The summed E-state index contributed by atoms with van der Waals surface area (Å²) in [6.45, 7) is 1.33. The number of nitrogens with zero attached hydrogens (tertiary/aromatic N) is 2. The Morgan fingerprint density at radius 1 is 1.39 bits per heavy atom. The molecule has 1 atom stereocenters. The zero-order valence-corrected chi connectivity index (χ0v) is 14.2. The molecule has 0 saturated carbocycles. The topological polar surface area (TPSA) is 97.4 Å². The first-order chi connectivity index (χ1) is 11.1. The van der Waals surface area contributed by atoms with Crippen LogP contribution in [0.2, 0.25) is 0 Å². The fourth-order valence-electron chi connectivity index (χ4n) is 2.06. The maximum Gasteiger partial charge on any atom is 0.234 e. The highest BCUT2D eigenvalue weighted by molar-refractivity contribution is 6.05. The number of ether oxygens (including phenoxy) is 2. The van der Waals surface area contributed by atoms with Crippen LogP contribution in [-0.4, -0.2) is 65.0 Å². The number of amidine groups is 1. The van der Waals surface area contributed by atoms with E-state index in [2.05, 4.69) is 9.89 Å². The van der Waals surface area contributed by atoms with Crippen molar-refractivity contribution in [3.63, 3.8) is 0 Å². The van der Waals surface area contributed by atoms with Gasteiger partial charge in [-0.05, 0) is 18.6 Å². The Labute approximate surface area is 137 Å². The van der Waals surface area contributed by atoms with Gasteiger partial charge >= 0.3 is 0 Å². The third kappa shape index (κ3) is 7.23. The number of para-hydroxylation sites is 1. The van der Waals surface area contributed by atoms with Crippen molar-refractivity contribution in [1.29, 1.82) is 0 Å². The summed E-state index contributed by atoms with van der Waals surface area (Å²) in [6.07, 6.45) is 1.32. The first-order valence-electron chi connectivity index (χ1n) is 7.18. The van der Waals surface area contributed by atoms with Crippen molar-refractivity contribution < 1.29 is 19.4 Å². The lowest BCUT2D eigenvalue weighted by molar-refractivity contribution is -0.106. The maximum atomic E-state index is 10.5. The molecule has 130 valence electrons. The highest BCUT2D eigenvalue weighted by Crippen LogP contribution is 2.19. The molecule has 23 heavy (non-hydrogen) atoms. The minimum Gasteiger partial charge on any atom is -0.400 e. The van der Waals surface area contributed by atoms with Crippen LogP contribution in [0.3, 0.4) is 0 Å². The molecule has 0 bridgehead atoms. The Balaban J connectivity index is 0.00000232. The van der Waals surface area contributed by atoms with E-state index in [-0.39, 0.29) is 11.9 Å². The van der Waals surface area contributed by atoms with E-state index in [4.69, 9.17) is 20.3 Å². The van der Waals surface area contributed by atoms with Crippen LogP contribution in [0.15, 0.2) is 29.3 Å². The summed E-state index contributed by atoms with van der Waals surface area (Å²) >= 11 is 0. The molecule has 0 aliphatic heterocycles. The minimum absolute atomic E-state index is 0.0469. The number of nitrogens with two attached hydrogens (primary N) is 1. The van der Waals surface area contributed by atoms with Gasteiger partial charge in [-0.15, -0.1) is 0 Å². The van der Waals surface area contributed by atoms with E-state index in [1.54, 1.807) is 14.2 Å². The molecule has 0 aliphatic carbocycles. The van der Waals surface area contributed by atoms with E-state index in [0.717, 1.165) is 31.3 Å². The summed E-state index contributed by atoms with van der Waals surface area (Å²) in [7, 11) is 6.29. The van der Waals surface area contributed by atoms with Gasteiger partial charge in [0, 0.05) is 46.2 Å². The van der Waals surface area contributed by atoms with Crippen LogP contribution in [0, 0.1) is 0 Å². The Morgan fingerprint density at radius 2 is 2.04 bits per heavy atom. The van der Waals surface area contributed by atoms with Gasteiger partial charge in [0.15, 0.2) is 0 Å². The maximum absolute atomic E-state index is 10.5. The first-order valence-corrected chi connectivity index (χ1v) is 7.18. The van der Waals surface area contributed by atoms with Crippen molar-refractivity contribution in [2.24, 2.45) is 10.7 Å². The molecule has 0 aliphatic rings. The number of aliphatic hydroxyl groups excluding tert-OH is 1. The number of aliphatic hydroxyl groups is 1. The lowest BCUT2D eigenvalue weighted by Crippen LogP contribution is -2.28. The minimum atomic E-state index is 0.0469. The molecule has 0 heterocycles. The van der Waals surface area contributed by atoms with Gasteiger partial charge in [-0.3, -0.25) is 4.79 Å². The van der Waals surface area contributed by atoms with Crippen LogP contribution in [0.4, 0.5) is 5.69 Å². The summed E-state index contributed by atoms with van der Waals surface area (Å²) in [5.74, 6) is 0.215. The van der Waals surface area contributed by atoms with Crippen molar-refractivity contribution in [3.05, 3.63) is 29.8 Å². The molecule has 7 heteroatoms. The molecule has 1 aromatic carbocycles. The zero-order chi connectivity index (χ0) is 17.7. The molecule has 0 saturated heterocycles. The van der Waals surface area contributed by atoms with E-state index in [1.807, 2.05) is 31.3 Å². The van der Waals surface area contributed by atoms with Gasteiger partial charge in [0.1, 0.15) is 5.84 Å². The Morgan fingerprint density at radius 3 is 2.61 bits per heavy atom. The van der Waals surface area contributed by atoms with Crippen molar-refractivity contribution in [2.75, 3.05) is 46.4 Å². The summed E-state index contributed by atoms with van der Waals surface area (Å²) in [6, 6.07) is 7.58. The lowest BCUT2D eigenvalue weighted by atomic mass is 10.1. The molecule has 7 nitrogen and oxygen atoms in total. The zero-order valence-electron chi connectivity index (χ0n) is 14.2. The Bertz CT molecular complexity index is 480. The van der Waals surface area contributed by atoms with Crippen molar-refractivity contribution in [2.45, 2.75) is 12.5 Å². The highest BCUT2D eigenvalue weighted by atomic mass is 16.5. The van der Waals surface area contributed by atoms with Crippen LogP contribution in [0.25, 0.3) is 0 Å². The third-order valence-electron chi connectivity index (χ3n) is 3.26. The number of anilines is 1. The number of carbonyl (C=O) groups excluding carboxylic acids is 1. The van der Waals surface area contributed by atoms with Gasteiger partial charge in [-0.25, -0.2) is 0 Å². The molecule has 0 aromatic heterocycles. The standard InChI is InChI=1S/C15H23N3O3.CH4O/c1-18(9-8-12(21-3)10-20-2)14-7-5-4-6-13(14)15(16)17-11-19;1-2/h4-7,11-12H,8-10H2,1-3H3,(H2,16,17,19);2H,1H3. The molecule has 3 N–H and O–H groups in total. The predicted molar refractivity (Wildman–Crippen MR) is 91.9 cm³/mol. The Hall–Kier alpha value is -1.96. The summed E-state index contributed by atoms with van der Waals surface area (Å²) in [4.78, 5) is 16.2. The van der Waals surface area contributed by atoms with E-state index < -0.39 is 0 Å². The molecule has 1 rings (SSSR count). The van der Waals surface area contributed by atoms with Gasteiger partial charge in [0.05, 0.1) is 12.7 Å². The van der Waals surface area contributed by atoms with Crippen LogP contribution >= 0.6 is 0 Å². The van der Waals surface area contributed by atoms with Crippen LogP contribution in [-0.2, 0) is 14.3 Å². The average molecular weight is 325 g/mol. The smallest absolute Gasteiger partial charge is 0.234 e. The first kappa shape index (κ1) is 21.0. The van der Waals surface area contributed by atoms with Crippen LogP contribution < -0.4 is 10.6 Å². The number of aliphatic imine (C=N–C) groups is 1. The van der Waals surface area contributed by atoms with Crippen molar-refractivity contribution in [1.82, 2.24) is 0 Å². The highest BCUT2D eigenvalue weighted by Gasteiger charge is 2.13. The number of benzene rings is 1. The largest absolute Gasteiger partial charge is 0.400 e. The Kier molecular flexibility index (Phi) is 11.5. The van der Waals surface area contributed by atoms with Gasteiger partial charge in [0.2, 0.25) is 6.41 Å². The summed E-state index contributed by atoms with van der Waals surface area (Å²) in [5.41, 5.74) is 7.49. The quantitative estimate of drug-likeness (QED) is 0.393. The molecule has 0 spiro atoms. The number of hydrogen-bond acceptors (Lipinski definition) is 5. The van der Waals surface area contributed by atoms with Gasteiger partial charge < -0.3 is 25.2 Å². The van der Waals surface area contributed by atoms with E-state index in [9.17, 15) is 4.79 Å². The van der Waals surface area contributed by atoms with Crippen molar-refractivity contribution in [3.8, 4) is 0 Å². The number of rotatable bonds is 9. The second-order valence-electron chi connectivity index (χ2n) is 4.66. The molecule has 0 radical (unpaired) electrons. The number of hydrogen-bond donors (Lipinski definition) is 2. The number of methoxy groups -OCH3 is 2. The molecular formula is C16H27N3O4. The van der Waals surface area contributed by atoms with Gasteiger partial charge in [0.25, 0.3) is 0 Å². The molecule has 0 fully saturated rings. The SMILES string of the molecule is CO.COCC(CCN(C)c1ccccc1C(N)=NC=O)OC. The summed E-state index contributed by atoms with van der Waals surface area (Å²) in [5, 5.41) is 7.00. The second kappa shape index (κ2) is 12.6. The predicted octanol–water partition coefficient (Wildman–Crippen LogP) is 0.645. The molecule has 1 unspecified atom stereocenters. The van der Waals surface area contributed by atoms with Crippen LogP contribution in [0.1, 0.15) is 12.0 Å². The third-order valence-corrected chi connectivity index (χ3v) is 3.26. The van der Waals surface area contributed by atoms with Crippen LogP contribution in [0.5, 0.6) is 0 Å². The number of carbonyl (C=O) groups is 1. The van der Waals surface area contributed by atoms with Gasteiger partial charge in [-0.2, -0.15) is 4.99 Å². The molecule has 1 amide bonds. The summed E-state index contributed by atoms with van der Waals surface area (Å²) < 4.78 is 10.5. The lowest BCUT2D eigenvalue weighted by Gasteiger charge is -2.24. The van der Waals surface area contributed by atoms with Gasteiger partial charge in [-0.1, -0.05) is 12.1 Å². The monoisotopic (exact) mass is 325 g/mol. The second-order valence-corrected chi connectivity index (χ2v) is 4.66. The fourth-order valence-corrected chi connectivity index (χ4v) is 2.06. The molecule has 1 aromatic rings. The normalized spacial score (nSPS) is 12.1. The average Bonchev–Trinajstić information content (AvgIpc) is 2.60. The molecular weight excluding hydrogens is 298 g/mol. The number of amides is 1. The fraction of sp³-hybridized carbons (Fsp3) is 0.500. The van der Waals surface area contributed by atoms with E-state index >= 15 is 0 Å². The van der Waals surface area contributed by atoms with E-state index in [0.29, 0.717) is 13.0 Å². The van der Waals surface area contributed by atoms with E-state index in [1.165, 1.54) is 0 Å².